The molecule has 3 heterocycles. The van der Waals surface area contributed by atoms with Crippen molar-refractivity contribution in [3.05, 3.63) is 76.2 Å². The molecule has 1 N–H and O–H groups in total. The molecule has 0 radical (unpaired) electrons. The van der Waals surface area contributed by atoms with Gasteiger partial charge in [0.25, 0.3) is 11.5 Å². The molecule has 7 heteroatoms. The van der Waals surface area contributed by atoms with Gasteiger partial charge in [0.15, 0.2) is 0 Å². The molecule has 154 valence electrons. The van der Waals surface area contributed by atoms with E-state index in [0.29, 0.717) is 38.1 Å². The van der Waals surface area contributed by atoms with Crippen molar-refractivity contribution in [2.45, 2.75) is 25.8 Å². The van der Waals surface area contributed by atoms with Gasteiger partial charge in [-0.25, -0.2) is 4.98 Å². The Bertz CT molecular complexity index is 1120. The van der Waals surface area contributed by atoms with Crippen LogP contribution in [0.5, 0.6) is 0 Å². The number of amides is 2. The predicted molar refractivity (Wildman–Crippen MR) is 114 cm³/mol. The fourth-order valence-electron chi connectivity index (χ4n) is 3.79. The van der Waals surface area contributed by atoms with Gasteiger partial charge < -0.3 is 10.2 Å². The molecular weight excluding hydrogens is 380 g/mol. The Kier molecular flexibility index (Phi) is 5.88. The smallest absolute Gasteiger partial charge is 0.265 e. The minimum Gasteiger partial charge on any atom is -0.352 e. The SMILES string of the molecule is O=C(NCCCN1CCCC1=O)c1cc2cccnc2n(Cc2ccccc2)c1=O. The minimum absolute atomic E-state index is 0.101. The summed E-state index contributed by atoms with van der Waals surface area (Å²) >= 11 is 0. The molecule has 1 aromatic carbocycles. The average molecular weight is 404 g/mol. The van der Waals surface area contributed by atoms with Crippen LogP contribution in [0, 0.1) is 0 Å². The third-order valence-corrected chi connectivity index (χ3v) is 5.34. The Morgan fingerprint density at radius 1 is 1.10 bits per heavy atom. The summed E-state index contributed by atoms with van der Waals surface area (Å²) < 4.78 is 1.54. The van der Waals surface area contributed by atoms with E-state index in [1.165, 1.54) is 0 Å². The van der Waals surface area contributed by atoms with E-state index in [-0.39, 0.29) is 17.0 Å². The zero-order chi connectivity index (χ0) is 20.9. The fraction of sp³-hybridized carbons (Fsp3) is 0.304. The van der Waals surface area contributed by atoms with E-state index < -0.39 is 5.91 Å². The van der Waals surface area contributed by atoms with Crippen molar-refractivity contribution in [1.29, 1.82) is 0 Å². The number of aromatic nitrogens is 2. The summed E-state index contributed by atoms with van der Waals surface area (Å²) in [4.78, 5) is 43.7. The number of carbonyl (C=O) groups excluding carboxylic acids is 2. The van der Waals surface area contributed by atoms with E-state index in [2.05, 4.69) is 10.3 Å². The number of hydrogen-bond donors (Lipinski definition) is 1. The maximum absolute atomic E-state index is 13.1. The zero-order valence-corrected chi connectivity index (χ0v) is 16.7. The first kappa shape index (κ1) is 19.8. The van der Waals surface area contributed by atoms with Crippen LogP contribution in [0.3, 0.4) is 0 Å². The lowest BCUT2D eigenvalue weighted by Gasteiger charge is -2.15. The number of likely N-dealkylation sites (tertiary alicyclic amines) is 1. The molecule has 0 atom stereocenters. The molecule has 2 amide bonds. The first-order chi connectivity index (χ1) is 14.6. The summed E-state index contributed by atoms with van der Waals surface area (Å²) in [5, 5.41) is 3.56. The number of nitrogens with zero attached hydrogens (tertiary/aromatic N) is 3. The van der Waals surface area contributed by atoms with Crippen LogP contribution in [-0.4, -0.2) is 45.9 Å². The first-order valence-corrected chi connectivity index (χ1v) is 10.2. The van der Waals surface area contributed by atoms with Crippen molar-refractivity contribution in [1.82, 2.24) is 19.8 Å². The Hall–Kier alpha value is -3.48. The number of nitrogens with one attached hydrogen (secondary N) is 1. The quantitative estimate of drug-likeness (QED) is 0.612. The Labute approximate surface area is 174 Å². The largest absolute Gasteiger partial charge is 0.352 e. The maximum Gasteiger partial charge on any atom is 0.265 e. The van der Waals surface area contributed by atoms with Crippen molar-refractivity contribution < 1.29 is 9.59 Å². The standard InChI is InChI=1S/C23H24N4O3/c28-20-10-5-13-26(20)14-6-12-25-22(29)19-15-18-9-4-11-24-21(18)27(23(19)30)16-17-7-2-1-3-8-17/h1-4,7-9,11,15H,5-6,10,12-14,16H2,(H,25,29). The molecule has 7 nitrogen and oxygen atoms in total. The van der Waals surface area contributed by atoms with E-state index in [1.54, 1.807) is 22.9 Å². The third-order valence-electron chi connectivity index (χ3n) is 5.34. The second-order valence-corrected chi connectivity index (χ2v) is 7.44. The lowest BCUT2D eigenvalue weighted by molar-refractivity contribution is -0.127. The highest BCUT2D eigenvalue weighted by atomic mass is 16.2. The highest BCUT2D eigenvalue weighted by molar-refractivity contribution is 5.96. The van der Waals surface area contributed by atoms with Crippen LogP contribution in [0.4, 0.5) is 0 Å². The van der Waals surface area contributed by atoms with Gasteiger partial charge in [-0.3, -0.25) is 19.0 Å². The summed E-state index contributed by atoms with van der Waals surface area (Å²) in [5.41, 5.74) is 1.25. The predicted octanol–water partition coefficient (Wildman–Crippen LogP) is 2.19. The maximum atomic E-state index is 13.1. The van der Waals surface area contributed by atoms with E-state index in [4.69, 9.17) is 0 Å². The van der Waals surface area contributed by atoms with Crippen molar-refractivity contribution in [2.24, 2.45) is 0 Å². The number of rotatable bonds is 7. The Balaban J connectivity index is 1.53. The van der Waals surface area contributed by atoms with Crippen molar-refractivity contribution in [3.8, 4) is 0 Å². The topological polar surface area (TPSA) is 84.3 Å². The summed E-state index contributed by atoms with van der Waals surface area (Å²) in [5.74, 6) is -0.229. The molecule has 0 aliphatic carbocycles. The molecule has 0 unspecified atom stereocenters. The molecule has 3 aromatic rings. The van der Waals surface area contributed by atoms with Gasteiger partial charge >= 0.3 is 0 Å². The fourth-order valence-corrected chi connectivity index (χ4v) is 3.79. The molecular formula is C23H24N4O3. The molecule has 1 fully saturated rings. The van der Waals surface area contributed by atoms with Gasteiger partial charge in [-0.1, -0.05) is 30.3 Å². The van der Waals surface area contributed by atoms with Crippen molar-refractivity contribution >= 4 is 22.8 Å². The van der Waals surface area contributed by atoms with E-state index in [0.717, 1.165) is 23.9 Å². The molecule has 0 spiro atoms. The van der Waals surface area contributed by atoms with Gasteiger partial charge in [-0.2, -0.15) is 0 Å². The van der Waals surface area contributed by atoms with Crippen LogP contribution >= 0.6 is 0 Å². The van der Waals surface area contributed by atoms with E-state index in [1.807, 2.05) is 41.3 Å². The second kappa shape index (κ2) is 8.90. The molecule has 2 aromatic heterocycles. The summed E-state index contributed by atoms with van der Waals surface area (Å²) in [6, 6.07) is 14.9. The highest BCUT2D eigenvalue weighted by Crippen LogP contribution is 2.13. The average Bonchev–Trinajstić information content (AvgIpc) is 3.18. The number of carbonyl (C=O) groups is 2. The zero-order valence-electron chi connectivity index (χ0n) is 16.7. The van der Waals surface area contributed by atoms with E-state index >= 15 is 0 Å². The number of pyridine rings is 2. The van der Waals surface area contributed by atoms with Gasteiger partial charge in [0, 0.05) is 37.6 Å². The van der Waals surface area contributed by atoms with Gasteiger partial charge in [0.2, 0.25) is 5.91 Å². The number of benzene rings is 1. The lowest BCUT2D eigenvalue weighted by Crippen LogP contribution is -2.35. The summed E-state index contributed by atoms with van der Waals surface area (Å²) in [7, 11) is 0. The Morgan fingerprint density at radius 2 is 1.93 bits per heavy atom. The van der Waals surface area contributed by atoms with Crippen LogP contribution in [-0.2, 0) is 11.3 Å². The van der Waals surface area contributed by atoms with Crippen molar-refractivity contribution in [2.75, 3.05) is 19.6 Å². The van der Waals surface area contributed by atoms with Crippen LogP contribution in [0.2, 0.25) is 0 Å². The normalized spacial score (nSPS) is 13.7. The summed E-state index contributed by atoms with van der Waals surface area (Å²) in [6.45, 7) is 2.16. The van der Waals surface area contributed by atoms with E-state index in [9.17, 15) is 14.4 Å². The monoisotopic (exact) mass is 404 g/mol. The van der Waals surface area contributed by atoms with Gasteiger partial charge in [-0.15, -0.1) is 0 Å². The molecule has 4 rings (SSSR count). The second-order valence-electron chi connectivity index (χ2n) is 7.44. The van der Waals surface area contributed by atoms with Crippen LogP contribution < -0.4 is 10.9 Å². The number of hydrogen-bond acceptors (Lipinski definition) is 4. The minimum atomic E-state index is -0.402. The van der Waals surface area contributed by atoms with Gasteiger partial charge in [-0.05, 0) is 36.6 Å². The molecule has 30 heavy (non-hydrogen) atoms. The van der Waals surface area contributed by atoms with Crippen molar-refractivity contribution in [3.63, 3.8) is 0 Å². The summed E-state index contributed by atoms with van der Waals surface area (Å²) in [6.07, 6.45) is 3.81. The number of fused-ring (bicyclic) bond motifs is 1. The molecule has 0 saturated carbocycles. The lowest BCUT2D eigenvalue weighted by atomic mass is 10.1. The van der Waals surface area contributed by atoms with Crippen LogP contribution in [0.1, 0.15) is 35.2 Å². The van der Waals surface area contributed by atoms with Crippen LogP contribution in [0.15, 0.2) is 59.5 Å². The van der Waals surface area contributed by atoms with Crippen LogP contribution in [0.25, 0.3) is 11.0 Å². The van der Waals surface area contributed by atoms with Gasteiger partial charge in [0.05, 0.1) is 6.54 Å². The molecule has 1 saturated heterocycles. The molecule has 0 bridgehead atoms. The molecule has 1 aliphatic heterocycles. The first-order valence-electron chi connectivity index (χ1n) is 10.2. The highest BCUT2D eigenvalue weighted by Gasteiger charge is 2.20. The Morgan fingerprint density at radius 3 is 2.70 bits per heavy atom. The van der Waals surface area contributed by atoms with Gasteiger partial charge in [0.1, 0.15) is 11.2 Å². The third kappa shape index (κ3) is 4.25. The molecule has 1 aliphatic rings.